The molecular formula is C13H12N6. The predicted molar refractivity (Wildman–Crippen MR) is 69.4 cm³/mol. The molecule has 0 spiro atoms. The van der Waals surface area contributed by atoms with E-state index in [0.717, 1.165) is 16.9 Å². The van der Waals surface area contributed by atoms with Gasteiger partial charge in [-0.3, -0.25) is 0 Å². The number of aromatic nitrogens is 5. The fourth-order valence-corrected chi connectivity index (χ4v) is 1.87. The van der Waals surface area contributed by atoms with Crippen molar-refractivity contribution in [1.82, 2.24) is 25.0 Å². The Morgan fingerprint density at radius 1 is 1.00 bits per heavy atom. The lowest BCUT2D eigenvalue weighted by atomic mass is 10.1. The van der Waals surface area contributed by atoms with Gasteiger partial charge in [-0.25, -0.2) is 14.6 Å². The Labute approximate surface area is 109 Å². The molecule has 2 aromatic heterocycles. The molecule has 1 unspecified atom stereocenters. The summed E-state index contributed by atoms with van der Waals surface area (Å²) in [5.41, 5.74) is 8.75. The third-order valence-corrected chi connectivity index (χ3v) is 2.83. The zero-order valence-electron chi connectivity index (χ0n) is 10.1. The van der Waals surface area contributed by atoms with Gasteiger partial charge in [0.2, 0.25) is 0 Å². The van der Waals surface area contributed by atoms with E-state index in [2.05, 4.69) is 20.3 Å². The Morgan fingerprint density at radius 2 is 1.74 bits per heavy atom. The Bertz CT molecular complexity index is 649. The SMILES string of the molecule is NC(c1cncnc1)c1cnnn1-c1ccccc1. The second kappa shape index (κ2) is 4.95. The number of nitrogens with two attached hydrogens (primary N) is 1. The molecule has 0 fully saturated rings. The molecule has 0 aliphatic rings. The standard InChI is InChI=1S/C13H12N6/c14-13(10-6-15-9-16-7-10)12-8-17-18-19(12)11-4-2-1-3-5-11/h1-9,13H,14H2. The molecule has 19 heavy (non-hydrogen) atoms. The highest BCUT2D eigenvalue weighted by molar-refractivity contribution is 5.34. The van der Waals surface area contributed by atoms with Crippen molar-refractivity contribution in [2.45, 2.75) is 6.04 Å². The van der Waals surface area contributed by atoms with E-state index in [1.165, 1.54) is 6.33 Å². The van der Waals surface area contributed by atoms with Gasteiger partial charge in [-0.1, -0.05) is 23.4 Å². The Hall–Kier alpha value is -2.60. The fraction of sp³-hybridized carbons (Fsp3) is 0.0769. The second-order valence-electron chi connectivity index (χ2n) is 4.06. The minimum Gasteiger partial charge on any atom is -0.319 e. The highest BCUT2D eigenvalue weighted by atomic mass is 15.4. The fourth-order valence-electron chi connectivity index (χ4n) is 1.87. The molecule has 6 heteroatoms. The molecule has 0 radical (unpaired) electrons. The molecular weight excluding hydrogens is 240 g/mol. The highest BCUT2D eigenvalue weighted by Gasteiger charge is 2.16. The number of hydrogen-bond acceptors (Lipinski definition) is 5. The normalized spacial score (nSPS) is 12.3. The van der Waals surface area contributed by atoms with Crippen LogP contribution in [0.2, 0.25) is 0 Å². The average Bonchev–Trinajstić information content (AvgIpc) is 2.98. The summed E-state index contributed by atoms with van der Waals surface area (Å²) < 4.78 is 1.72. The molecule has 0 aliphatic heterocycles. The Kier molecular flexibility index (Phi) is 2.99. The third kappa shape index (κ3) is 2.21. The van der Waals surface area contributed by atoms with Crippen LogP contribution in [-0.4, -0.2) is 25.0 Å². The minimum absolute atomic E-state index is 0.364. The van der Waals surface area contributed by atoms with Crippen LogP contribution >= 0.6 is 0 Å². The maximum Gasteiger partial charge on any atom is 0.115 e. The van der Waals surface area contributed by atoms with Crippen molar-refractivity contribution in [2.75, 3.05) is 0 Å². The highest BCUT2D eigenvalue weighted by Crippen LogP contribution is 2.19. The largest absolute Gasteiger partial charge is 0.319 e. The summed E-state index contributed by atoms with van der Waals surface area (Å²) >= 11 is 0. The second-order valence-corrected chi connectivity index (χ2v) is 4.06. The Balaban J connectivity index is 2.01. The van der Waals surface area contributed by atoms with Gasteiger partial charge in [0.1, 0.15) is 6.33 Å². The summed E-state index contributed by atoms with van der Waals surface area (Å²) in [7, 11) is 0. The van der Waals surface area contributed by atoms with Crippen molar-refractivity contribution in [2.24, 2.45) is 5.73 Å². The first kappa shape index (κ1) is 11.5. The van der Waals surface area contributed by atoms with Crippen molar-refractivity contribution in [3.05, 3.63) is 66.5 Å². The van der Waals surface area contributed by atoms with E-state index in [4.69, 9.17) is 5.73 Å². The van der Waals surface area contributed by atoms with E-state index < -0.39 is 0 Å². The van der Waals surface area contributed by atoms with E-state index in [9.17, 15) is 0 Å². The van der Waals surface area contributed by atoms with Crippen LogP contribution in [0, 0.1) is 0 Å². The first-order valence-electron chi connectivity index (χ1n) is 5.83. The van der Waals surface area contributed by atoms with E-state index in [1.54, 1.807) is 23.3 Å². The molecule has 0 amide bonds. The molecule has 0 saturated carbocycles. The summed E-state index contributed by atoms with van der Waals surface area (Å²) in [5.74, 6) is 0. The van der Waals surface area contributed by atoms with Gasteiger partial charge in [-0.2, -0.15) is 0 Å². The van der Waals surface area contributed by atoms with Crippen LogP contribution < -0.4 is 5.73 Å². The van der Waals surface area contributed by atoms with Gasteiger partial charge in [0.25, 0.3) is 0 Å². The molecule has 3 rings (SSSR count). The average molecular weight is 252 g/mol. The van der Waals surface area contributed by atoms with Crippen LogP contribution in [0.25, 0.3) is 5.69 Å². The van der Waals surface area contributed by atoms with Gasteiger partial charge in [0.15, 0.2) is 0 Å². The molecule has 1 atom stereocenters. The first-order valence-corrected chi connectivity index (χ1v) is 5.83. The van der Waals surface area contributed by atoms with Crippen molar-refractivity contribution in [1.29, 1.82) is 0 Å². The molecule has 94 valence electrons. The van der Waals surface area contributed by atoms with Crippen molar-refractivity contribution < 1.29 is 0 Å². The molecule has 3 aromatic rings. The van der Waals surface area contributed by atoms with Gasteiger partial charge < -0.3 is 5.73 Å². The van der Waals surface area contributed by atoms with Crippen LogP contribution in [0.5, 0.6) is 0 Å². The van der Waals surface area contributed by atoms with Crippen LogP contribution in [-0.2, 0) is 0 Å². The summed E-state index contributed by atoms with van der Waals surface area (Å²) in [6.45, 7) is 0. The lowest BCUT2D eigenvalue weighted by Gasteiger charge is -2.12. The van der Waals surface area contributed by atoms with Gasteiger partial charge in [-0.15, -0.1) is 5.10 Å². The van der Waals surface area contributed by atoms with E-state index in [-0.39, 0.29) is 6.04 Å². The number of nitrogens with zero attached hydrogens (tertiary/aromatic N) is 5. The lowest BCUT2D eigenvalue weighted by Crippen LogP contribution is -2.17. The zero-order valence-corrected chi connectivity index (χ0v) is 10.1. The number of benzene rings is 1. The molecule has 2 heterocycles. The topological polar surface area (TPSA) is 82.5 Å². The van der Waals surface area contributed by atoms with Crippen LogP contribution in [0.15, 0.2) is 55.2 Å². The quantitative estimate of drug-likeness (QED) is 0.755. The van der Waals surface area contributed by atoms with Gasteiger partial charge in [0.05, 0.1) is 23.6 Å². The van der Waals surface area contributed by atoms with Gasteiger partial charge >= 0.3 is 0 Å². The zero-order chi connectivity index (χ0) is 13.1. The number of hydrogen-bond donors (Lipinski definition) is 1. The molecule has 0 bridgehead atoms. The van der Waals surface area contributed by atoms with Crippen molar-refractivity contribution in [3.63, 3.8) is 0 Å². The van der Waals surface area contributed by atoms with Gasteiger partial charge in [0, 0.05) is 18.0 Å². The van der Waals surface area contributed by atoms with E-state index in [0.29, 0.717) is 0 Å². The molecule has 0 aliphatic carbocycles. The Morgan fingerprint density at radius 3 is 2.47 bits per heavy atom. The third-order valence-electron chi connectivity index (χ3n) is 2.83. The van der Waals surface area contributed by atoms with E-state index in [1.807, 2.05) is 30.3 Å². The lowest BCUT2D eigenvalue weighted by molar-refractivity contribution is 0.715. The van der Waals surface area contributed by atoms with Crippen LogP contribution in [0.1, 0.15) is 17.3 Å². The van der Waals surface area contributed by atoms with Crippen LogP contribution in [0.3, 0.4) is 0 Å². The summed E-state index contributed by atoms with van der Waals surface area (Å²) in [6, 6.07) is 9.37. The van der Waals surface area contributed by atoms with Crippen molar-refractivity contribution in [3.8, 4) is 5.69 Å². The smallest absolute Gasteiger partial charge is 0.115 e. The number of rotatable bonds is 3. The van der Waals surface area contributed by atoms with Crippen LogP contribution in [0.4, 0.5) is 0 Å². The van der Waals surface area contributed by atoms with E-state index >= 15 is 0 Å². The predicted octanol–water partition coefficient (Wildman–Crippen LogP) is 1.11. The molecule has 0 saturated heterocycles. The molecule has 2 N–H and O–H groups in total. The minimum atomic E-state index is -0.364. The first-order chi connectivity index (χ1) is 9.36. The van der Waals surface area contributed by atoms with Gasteiger partial charge in [-0.05, 0) is 12.1 Å². The van der Waals surface area contributed by atoms with Crippen molar-refractivity contribution >= 4 is 0 Å². The summed E-state index contributed by atoms with van der Waals surface area (Å²) in [5, 5.41) is 8.02. The summed E-state index contributed by atoms with van der Waals surface area (Å²) in [4.78, 5) is 7.95. The monoisotopic (exact) mass is 252 g/mol. The molecule has 1 aromatic carbocycles. The maximum atomic E-state index is 6.22. The maximum absolute atomic E-state index is 6.22. The number of para-hydroxylation sites is 1. The molecule has 6 nitrogen and oxygen atoms in total. The summed E-state index contributed by atoms with van der Waals surface area (Å²) in [6.07, 6.45) is 6.52.